The molecule has 1 aromatic heterocycles. The third-order valence-corrected chi connectivity index (χ3v) is 4.01. The van der Waals surface area contributed by atoms with Crippen LogP contribution >= 0.6 is 12.6 Å². The summed E-state index contributed by atoms with van der Waals surface area (Å²) in [7, 11) is 0. The first-order valence-corrected chi connectivity index (χ1v) is 5.99. The van der Waals surface area contributed by atoms with Gasteiger partial charge in [-0.3, -0.25) is 0 Å². The Morgan fingerprint density at radius 1 is 1.69 bits per heavy atom. The number of aromatic nitrogens is 2. The number of nitrogens with zero attached hydrogens (tertiary/aromatic N) is 3. The molecule has 88 valence electrons. The zero-order valence-electron chi connectivity index (χ0n) is 9.22. The van der Waals surface area contributed by atoms with E-state index in [-0.39, 0.29) is 11.2 Å². The summed E-state index contributed by atoms with van der Waals surface area (Å²) in [6.45, 7) is 2.46. The molecule has 1 fully saturated rings. The molecule has 1 aliphatic rings. The minimum absolute atomic E-state index is 0.0337. The number of rotatable bonds is 4. The van der Waals surface area contributed by atoms with Crippen LogP contribution in [0, 0.1) is 22.5 Å². The zero-order chi connectivity index (χ0) is 11.8. The van der Waals surface area contributed by atoms with Crippen LogP contribution in [0.1, 0.15) is 24.8 Å². The maximum atomic E-state index is 10.7. The molecule has 0 N–H and O–H groups in total. The quantitative estimate of drug-likeness (QED) is 0.499. The number of aryl methyl sites for hydroxylation is 1. The summed E-state index contributed by atoms with van der Waals surface area (Å²) in [5.41, 5.74) is 0.828. The minimum Gasteiger partial charge on any atom is -0.358 e. The van der Waals surface area contributed by atoms with Gasteiger partial charge in [0, 0.05) is 5.41 Å². The van der Waals surface area contributed by atoms with Gasteiger partial charge in [0.2, 0.25) is 0 Å². The molecule has 0 bridgehead atoms. The van der Waals surface area contributed by atoms with Gasteiger partial charge in [0.1, 0.15) is 0 Å². The summed E-state index contributed by atoms with van der Waals surface area (Å²) >= 11 is 4.36. The van der Waals surface area contributed by atoms with E-state index in [0.717, 1.165) is 25.1 Å². The highest BCUT2D eigenvalue weighted by atomic mass is 32.1. The number of thiol groups is 1. The Balaban J connectivity index is 2.16. The molecule has 5 nitrogen and oxygen atoms in total. The Hall–Kier alpha value is -1.04. The highest BCUT2D eigenvalue weighted by Gasteiger charge is 2.37. The number of nitro groups is 1. The first-order valence-electron chi connectivity index (χ1n) is 5.36. The topological polar surface area (TPSA) is 61.0 Å². The monoisotopic (exact) mass is 241 g/mol. The lowest BCUT2D eigenvalue weighted by Gasteiger charge is -2.39. The van der Waals surface area contributed by atoms with Gasteiger partial charge in [0.15, 0.2) is 0 Å². The average Bonchev–Trinajstić information content (AvgIpc) is 2.53. The van der Waals surface area contributed by atoms with Crippen molar-refractivity contribution < 1.29 is 4.92 Å². The van der Waals surface area contributed by atoms with E-state index in [1.54, 1.807) is 17.8 Å². The minimum atomic E-state index is -0.431. The van der Waals surface area contributed by atoms with E-state index >= 15 is 0 Å². The number of hydrogen-bond acceptors (Lipinski definition) is 4. The lowest BCUT2D eigenvalue weighted by atomic mass is 9.70. The Bertz CT molecular complexity index is 407. The average molecular weight is 241 g/mol. The summed E-state index contributed by atoms with van der Waals surface area (Å²) in [5, 5.41) is 14.7. The van der Waals surface area contributed by atoms with Crippen LogP contribution in [-0.2, 0) is 6.54 Å². The zero-order valence-corrected chi connectivity index (χ0v) is 10.1. The maximum Gasteiger partial charge on any atom is 0.392 e. The molecule has 0 saturated heterocycles. The van der Waals surface area contributed by atoms with Crippen LogP contribution in [0.15, 0.2) is 6.20 Å². The second-order valence-corrected chi connectivity index (χ2v) is 4.92. The summed E-state index contributed by atoms with van der Waals surface area (Å²) < 4.78 is 1.70. The summed E-state index contributed by atoms with van der Waals surface area (Å²) in [5.74, 6) is 0.785. The Labute approximate surface area is 99.4 Å². The van der Waals surface area contributed by atoms with Gasteiger partial charge < -0.3 is 10.1 Å². The van der Waals surface area contributed by atoms with Crippen molar-refractivity contribution >= 4 is 18.4 Å². The first-order chi connectivity index (χ1) is 7.56. The SMILES string of the molecule is Cc1cn(CC2(CS)CCC2)nc1[N+](=O)[O-]. The summed E-state index contributed by atoms with van der Waals surface area (Å²) in [4.78, 5) is 10.2. The lowest BCUT2D eigenvalue weighted by Crippen LogP contribution is -2.36. The molecule has 0 spiro atoms. The summed E-state index contributed by atoms with van der Waals surface area (Å²) in [6.07, 6.45) is 5.26. The highest BCUT2D eigenvalue weighted by molar-refractivity contribution is 7.80. The van der Waals surface area contributed by atoms with E-state index in [4.69, 9.17) is 0 Å². The van der Waals surface area contributed by atoms with Crippen LogP contribution in [0.5, 0.6) is 0 Å². The van der Waals surface area contributed by atoms with E-state index in [1.807, 2.05) is 0 Å². The van der Waals surface area contributed by atoms with Crippen LogP contribution < -0.4 is 0 Å². The maximum absolute atomic E-state index is 10.7. The number of hydrogen-bond donors (Lipinski definition) is 1. The molecule has 0 unspecified atom stereocenters. The smallest absolute Gasteiger partial charge is 0.358 e. The molecule has 16 heavy (non-hydrogen) atoms. The van der Waals surface area contributed by atoms with Gasteiger partial charge >= 0.3 is 5.82 Å². The van der Waals surface area contributed by atoms with E-state index in [1.165, 1.54) is 6.42 Å². The fourth-order valence-electron chi connectivity index (χ4n) is 2.16. The van der Waals surface area contributed by atoms with Crippen LogP contribution in [0.3, 0.4) is 0 Å². The fourth-order valence-corrected chi connectivity index (χ4v) is 2.58. The fraction of sp³-hybridized carbons (Fsp3) is 0.700. The van der Waals surface area contributed by atoms with Gasteiger partial charge in [-0.2, -0.15) is 17.3 Å². The van der Waals surface area contributed by atoms with Crippen molar-refractivity contribution in [1.82, 2.24) is 9.78 Å². The van der Waals surface area contributed by atoms with Gasteiger partial charge in [0.05, 0.1) is 23.4 Å². The van der Waals surface area contributed by atoms with Gasteiger partial charge in [-0.1, -0.05) is 6.42 Å². The molecule has 1 aliphatic carbocycles. The second kappa shape index (κ2) is 4.08. The highest BCUT2D eigenvalue weighted by Crippen LogP contribution is 2.43. The first kappa shape index (κ1) is 11.4. The molecule has 6 heteroatoms. The van der Waals surface area contributed by atoms with Crippen LogP contribution in [0.4, 0.5) is 5.82 Å². The van der Waals surface area contributed by atoms with Gasteiger partial charge in [0.25, 0.3) is 0 Å². The van der Waals surface area contributed by atoms with Crippen molar-refractivity contribution in [2.45, 2.75) is 32.7 Å². The van der Waals surface area contributed by atoms with Crippen molar-refractivity contribution in [2.75, 3.05) is 5.75 Å². The van der Waals surface area contributed by atoms with Crippen LogP contribution in [0.25, 0.3) is 0 Å². The van der Waals surface area contributed by atoms with Crippen molar-refractivity contribution in [3.8, 4) is 0 Å². The Morgan fingerprint density at radius 3 is 2.75 bits per heavy atom. The van der Waals surface area contributed by atoms with Crippen molar-refractivity contribution in [1.29, 1.82) is 0 Å². The van der Waals surface area contributed by atoms with Gasteiger partial charge in [-0.25, -0.2) is 0 Å². The molecule has 0 radical (unpaired) electrons. The van der Waals surface area contributed by atoms with Crippen LogP contribution in [-0.4, -0.2) is 20.5 Å². The molecule has 0 aromatic carbocycles. The Kier molecular flexibility index (Phi) is 2.92. The molecular formula is C10H15N3O2S. The molecule has 1 saturated carbocycles. The van der Waals surface area contributed by atoms with Crippen molar-refractivity contribution in [2.24, 2.45) is 5.41 Å². The van der Waals surface area contributed by atoms with Crippen molar-refractivity contribution in [3.63, 3.8) is 0 Å². The normalized spacial score (nSPS) is 18.1. The molecule has 0 atom stereocenters. The Morgan fingerprint density at radius 2 is 2.38 bits per heavy atom. The molecule has 0 aliphatic heterocycles. The third kappa shape index (κ3) is 1.93. The second-order valence-electron chi connectivity index (χ2n) is 4.60. The van der Waals surface area contributed by atoms with Gasteiger partial charge in [-0.05, 0) is 30.4 Å². The molecular weight excluding hydrogens is 226 g/mol. The van der Waals surface area contributed by atoms with E-state index < -0.39 is 4.92 Å². The molecule has 2 rings (SSSR count). The van der Waals surface area contributed by atoms with Crippen LogP contribution in [0.2, 0.25) is 0 Å². The molecule has 1 heterocycles. The molecule has 0 amide bonds. The predicted octanol–water partition coefficient (Wildman–Crippen LogP) is 2.20. The van der Waals surface area contributed by atoms with Gasteiger partial charge in [-0.15, -0.1) is 0 Å². The van der Waals surface area contributed by atoms with Crippen molar-refractivity contribution in [3.05, 3.63) is 21.9 Å². The predicted molar refractivity (Wildman–Crippen MR) is 63.8 cm³/mol. The van der Waals surface area contributed by atoms with E-state index in [2.05, 4.69) is 17.7 Å². The molecule has 1 aromatic rings. The summed E-state index contributed by atoms with van der Waals surface area (Å²) in [6, 6.07) is 0. The third-order valence-electron chi connectivity index (χ3n) is 3.34. The standard InChI is InChI=1S/C10H15N3O2S/c1-8-5-12(11-9(8)13(14)15)6-10(7-16)3-2-4-10/h5,16H,2-4,6-7H2,1H3. The van der Waals surface area contributed by atoms with E-state index in [0.29, 0.717) is 5.56 Å². The van der Waals surface area contributed by atoms with E-state index in [9.17, 15) is 10.1 Å². The largest absolute Gasteiger partial charge is 0.392 e. The lowest BCUT2D eigenvalue weighted by molar-refractivity contribution is -0.390.